The van der Waals surface area contributed by atoms with Crippen LogP contribution in [0.1, 0.15) is 38.7 Å². The molecule has 2 fully saturated rings. The topological polar surface area (TPSA) is 118 Å². The highest BCUT2D eigenvalue weighted by atomic mass is 35.5. The van der Waals surface area contributed by atoms with Crippen molar-refractivity contribution in [1.82, 2.24) is 10.3 Å². The summed E-state index contributed by atoms with van der Waals surface area (Å²) in [5.41, 5.74) is 6.42. The molecule has 0 amide bonds. The van der Waals surface area contributed by atoms with Crippen molar-refractivity contribution in [2.45, 2.75) is 54.0 Å². The molecule has 3 aliphatic rings. The van der Waals surface area contributed by atoms with Crippen LogP contribution in [0.4, 0.5) is 5.69 Å². The number of ether oxygens (including phenoxy) is 1. The first-order valence-electron chi connectivity index (χ1n) is 10.4. The lowest BCUT2D eigenvalue weighted by Crippen LogP contribution is -2.70. The standard InChI is InChI=1S/C21H29ClN4O3S2/c1-20(18-16(22)8-17(30-18)14-7-15(23)11-25-10-14)12-31(27,28)21(2,19(24)26-20)9-13-3-5-29-6-4-13/h7-8,10-11,13,16,18H,3-6,9,12,23H2,1-2H3,(H2,24,26)/t16?,18?,20-,21-/m0/s1. The number of amidine groups is 1. The molecule has 7 nitrogen and oxygen atoms in total. The molecule has 1 aromatic heterocycles. The Hall–Kier alpha value is -1.29. The van der Waals surface area contributed by atoms with Gasteiger partial charge in [0.25, 0.3) is 0 Å². The summed E-state index contributed by atoms with van der Waals surface area (Å²) in [5.74, 6) is 0.237. The van der Waals surface area contributed by atoms with E-state index in [0.717, 1.165) is 23.3 Å². The molecule has 0 bridgehead atoms. The summed E-state index contributed by atoms with van der Waals surface area (Å²) in [7, 11) is -3.58. The van der Waals surface area contributed by atoms with E-state index in [-0.39, 0.29) is 28.1 Å². The van der Waals surface area contributed by atoms with Gasteiger partial charge < -0.3 is 15.8 Å². The maximum Gasteiger partial charge on any atom is 0.165 e. The molecular formula is C21H29ClN4O3S2. The third-order valence-electron chi connectivity index (χ3n) is 6.66. The Bertz CT molecular complexity index is 1010. The number of nitrogens with zero attached hydrogens (tertiary/aromatic N) is 1. The van der Waals surface area contributed by atoms with E-state index in [1.807, 2.05) is 19.1 Å². The van der Waals surface area contributed by atoms with E-state index in [1.165, 1.54) is 11.8 Å². The molecule has 2 saturated heterocycles. The Morgan fingerprint density at radius 1 is 1.35 bits per heavy atom. The minimum absolute atomic E-state index is 0.0660. The van der Waals surface area contributed by atoms with Gasteiger partial charge in [-0.05, 0) is 45.1 Å². The number of pyridine rings is 1. The van der Waals surface area contributed by atoms with Gasteiger partial charge in [0.1, 0.15) is 10.6 Å². The van der Waals surface area contributed by atoms with Crippen LogP contribution in [0, 0.1) is 11.3 Å². The first-order chi connectivity index (χ1) is 14.5. The van der Waals surface area contributed by atoms with E-state index >= 15 is 0 Å². The summed E-state index contributed by atoms with van der Waals surface area (Å²) in [4.78, 5) is 5.06. The number of hydrogen-bond acceptors (Lipinski definition) is 7. The van der Waals surface area contributed by atoms with Crippen LogP contribution in [0.3, 0.4) is 0 Å². The Morgan fingerprint density at radius 2 is 2.06 bits per heavy atom. The van der Waals surface area contributed by atoms with Gasteiger partial charge in [0.05, 0.1) is 27.6 Å². The van der Waals surface area contributed by atoms with Crippen molar-refractivity contribution >= 4 is 49.6 Å². The maximum absolute atomic E-state index is 13.6. The van der Waals surface area contributed by atoms with E-state index in [2.05, 4.69) is 10.3 Å². The molecule has 4 atom stereocenters. The minimum Gasteiger partial charge on any atom is -0.397 e. The molecule has 1 aromatic rings. The molecule has 4 N–H and O–H groups in total. The van der Waals surface area contributed by atoms with E-state index in [4.69, 9.17) is 27.5 Å². The van der Waals surface area contributed by atoms with Crippen LogP contribution in [-0.4, -0.2) is 59.1 Å². The number of anilines is 1. The summed E-state index contributed by atoms with van der Waals surface area (Å²) >= 11 is 8.20. The monoisotopic (exact) mass is 484 g/mol. The number of thioether (sulfide) groups is 1. The van der Waals surface area contributed by atoms with Crippen molar-refractivity contribution in [3.63, 3.8) is 0 Å². The lowest BCUT2D eigenvalue weighted by Gasteiger charge is -2.48. The third kappa shape index (κ3) is 4.21. The van der Waals surface area contributed by atoms with Gasteiger partial charge >= 0.3 is 0 Å². The van der Waals surface area contributed by atoms with Gasteiger partial charge in [-0.2, -0.15) is 0 Å². The van der Waals surface area contributed by atoms with Gasteiger partial charge in [-0.1, -0.05) is 6.08 Å². The quantitative estimate of drug-likeness (QED) is 0.562. The first kappa shape index (κ1) is 22.9. The molecule has 3 aliphatic heterocycles. The number of rotatable bonds is 4. The lowest BCUT2D eigenvalue weighted by molar-refractivity contribution is 0.0623. The Kier molecular flexibility index (Phi) is 6.09. The van der Waals surface area contributed by atoms with Gasteiger partial charge in [-0.25, -0.2) is 8.42 Å². The van der Waals surface area contributed by atoms with Gasteiger partial charge in [-0.3, -0.25) is 10.4 Å². The van der Waals surface area contributed by atoms with Gasteiger partial charge in [-0.15, -0.1) is 23.4 Å². The summed E-state index contributed by atoms with van der Waals surface area (Å²) in [6.45, 7) is 4.85. The second-order valence-electron chi connectivity index (χ2n) is 9.19. The van der Waals surface area contributed by atoms with Gasteiger partial charge in [0, 0.05) is 36.1 Å². The summed E-state index contributed by atoms with van der Waals surface area (Å²) in [6.07, 6.45) is 7.34. The molecule has 0 radical (unpaired) electrons. The van der Waals surface area contributed by atoms with Crippen molar-refractivity contribution in [1.29, 1.82) is 5.41 Å². The van der Waals surface area contributed by atoms with Gasteiger partial charge in [0.15, 0.2) is 9.84 Å². The van der Waals surface area contributed by atoms with Crippen LogP contribution in [0.25, 0.3) is 4.91 Å². The second kappa shape index (κ2) is 8.24. The Morgan fingerprint density at radius 3 is 2.71 bits per heavy atom. The predicted octanol–water partition coefficient (Wildman–Crippen LogP) is 3.06. The van der Waals surface area contributed by atoms with E-state index in [0.29, 0.717) is 25.3 Å². The fraction of sp³-hybridized carbons (Fsp3) is 0.619. The number of allylic oxidation sites excluding steroid dienone is 1. The number of alkyl halides is 1. The predicted molar refractivity (Wildman–Crippen MR) is 127 cm³/mol. The zero-order chi connectivity index (χ0) is 22.4. The van der Waals surface area contributed by atoms with Crippen molar-refractivity contribution in [3.05, 3.63) is 30.1 Å². The van der Waals surface area contributed by atoms with E-state index in [9.17, 15) is 8.42 Å². The largest absolute Gasteiger partial charge is 0.397 e. The van der Waals surface area contributed by atoms with Crippen LogP contribution in [0.2, 0.25) is 0 Å². The average molecular weight is 485 g/mol. The molecule has 4 heterocycles. The van der Waals surface area contributed by atoms with Crippen LogP contribution < -0.4 is 11.1 Å². The van der Waals surface area contributed by atoms with Gasteiger partial charge in [0.2, 0.25) is 0 Å². The average Bonchev–Trinajstić information content (AvgIpc) is 3.10. The highest BCUT2D eigenvalue weighted by Crippen LogP contribution is 2.48. The normalized spacial score (nSPS) is 36.1. The summed E-state index contributed by atoms with van der Waals surface area (Å²) in [6, 6.07) is 1.83. The summed E-state index contributed by atoms with van der Waals surface area (Å²) < 4.78 is 31.3. The van der Waals surface area contributed by atoms with Crippen molar-refractivity contribution < 1.29 is 13.2 Å². The fourth-order valence-electron chi connectivity index (χ4n) is 4.76. The number of nitrogens with two attached hydrogens (primary N) is 1. The van der Waals surface area contributed by atoms with Crippen LogP contribution in [-0.2, 0) is 14.6 Å². The molecule has 4 rings (SSSR count). The number of nitrogen functional groups attached to an aromatic ring is 1. The van der Waals surface area contributed by atoms with Crippen molar-refractivity contribution in [2.75, 3.05) is 24.7 Å². The molecule has 0 spiro atoms. The van der Waals surface area contributed by atoms with E-state index in [1.54, 1.807) is 19.3 Å². The highest BCUT2D eigenvalue weighted by Gasteiger charge is 2.57. The Labute approximate surface area is 193 Å². The molecule has 10 heteroatoms. The number of sulfone groups is 1. The highest BCUT2D eigenvalue weighted by molar-refractivity contribution is 8.09. The third-order valence-corrected chi connectivity index (χ3v) is 11.6. The number of nitrogens with one attached hydrogen (secondary N) is 2. The minimum atomic E-state index is -3.58. The van der Waals surface area contributed by atoms with Crippen molar-refractivity contribution in [3.8, 4) is 0 Å². The molecule has 0 saturated carbocycles. The molecule has 0 aliphatic carbocycles. The summed E-state index contributed by atoms with van der Waals surface area (Å²) in [5, 5.41) is 11.4. The second-order valence-corrected chi connectivity index (χ2v) is 13.3. The van der Waals surface area contributed by atoms with E-state index < -0.39 is 20.1 Å². The smallest absolute Gasteiger partial charge is 0.165 e. The molecule has 31 heavy (non-hydrogen) atoms. The lowest BCUT2D eigenvalue weighted by atomic mass is 9.87. The molecule has 170 valence electrons. The number of aromatic nitrogens is 1. The SMILES string of the molecule is C[C@]1(CC2CCOCC2)C(=N)N[C@](C)(C2SC(c3cncc(N)c3)=CC2Cl)CS1(=O)=O. The first-order valence-corrected chi connectivity index (χ1v) is 13.4. The van der Waals surface area contributed by atoms with Crippen LogP contribution >= 0.6 is 23.4 Å². The Balaban J connectivity index is 1.55. The molecule has 0 aromatic carbocycles. The maximum atomic E-state index is 13.6. The molecular weight excluding hydrogens is 456 g/mol. The zero-order valence-electron chi connectivity index (χ0n) is 17.7. The molecule has 2 unspecified atom stereocenters. The number of halogens is 1. The van der Waals surface area contributed by atoms with Crippen LogP contribution in [0.5, 0.6) is 0 Å². The fourth-order valence-corrected chi connectivity index (χ4v) is 9.07. The zero-order valence-corrected chi connectivity index (χ0v) is 20.1. The number of hydrogen-bond donors (Lipinski definition) is 3. The van der Waals surface area contributed by atoms with Crippen molar-refractivity contribution in [2.24, 2.45) is 5.92 Å². The van der Waals surface area contributed by atoms with Crippen LogP contribution in [0.15, 0.2) is 24.5 Å².